The van der Waals surface area contributed by atoms with E-state index in [0.29, 0.717) is 25.7 Å². The van der Waals surface area contributed by atoms with Crippen LogP contribution in [0.5, 0.6) is 0 Å². The largest absolute Gasteiger partial charge is 0.481 e. The van der Waals surface area contributed by atoms with Crippen molar-refractivity contribution in [3.05, 3.63) is 29.8 Å². The fraction of sp³-hybridized carbons (Fsp3) is 0.500. The lowest BCUT2D eigenvalue weighted by molar-refractivity contribution is -0.144. The number of carboxylic acids is 1. The predicted octanol–water partition coefficient (Wildman–Crippen LogP) is 2.84. The summed E-state index contributed by atoms with van der Waals surface area (Å²) in [5, 5.41) is 12.1. The van der Waals surface area contributed by atoms with Crippen LogP contribution >= 0.6 is 11.8 Å². The van der Waals surface area contributed by atoms with Crippen molar-refractivity contribution in [1.82, 2.24) is 5.32 Å². The fourth-order valence-corrected chi connectivity index (χ4v) is 4.34. The highest BCUT2D eigenvalue weighted by atomic mass is 32.2. The summed E-state index contributed by atoms with van der Waals surface area (Å²) in [6.07, 6.45) is 2.60. The zero-order valence-electron chi connectivity index (χ0n) is 11.7. The molecule has 2 N–H and O–H groups in total. The second-order valence-electron chi connectivity index (χ2n) is 5.80. The number of fused-ring (bicyclic) bond motifs is 1. The maximum absolute atomic E-state index is 12.4. The molecule has 5 heteroatoms. The minimum absolute atomic E-state index is 0.0293. The Morgan fingerprint density at radius 3 is 2.48 bits per heavy atom. The maximum atomic E-state index is 12.4. The molecule has 1 saturated carbocycles. The highest BCUT2D eigenvalue weighted by molar-refractivity contribution is 7.99. The monoisotopic (exact) mass is 305 g/mol. The zero-order valence-corrected chi connectivity index (χ0v) is 12.6. The van der Waals surface area contributed by atoms with Crippen LogP contribution in [0.25, 0.3) is 0 Å². The van der Waals surface area contributed by atoms with E-state index in [9.17, 15) is 9.59 Å². The Morgan fingerprint density at radius 2 is 1.76 bits per heavy atom. The lowest BCUT2D eigenvalue weighted by Gasteiger charge is -2.26. The van der Waals surface area contributed by atoms with Gasteiger partial charge in [-0.3, -0.25) is 9.59 Å². The van der Waals surface area contributed by atoms with E-state index in [1.165, 1.54) is 10.5 Å². The van der Waals surface area contributed by atoms with Crippen molar-refractivity contribution in [3.8, 4) is 0 Å². The van der Waals surface area contributed by atoms with Crippen LogP contribution in [0.15, 0.2) is 29.2 Å². The van der Waals surface area contributed by atoms with E-state index in [0.717, 1.165) is 5.75 Å². The molecule has 1 fully saturated rings. The van der Waals surface area contributed by atoms with E-state index in [1.807, 2.05) is 12.1 Å². The van der Waals surface area contributed by atoms with Gasteiger partial charge in [0.05, 0.1) is 12.0 Å². The molecule has 1 amide bonds. The molecule has 1 heterocycles. The standard InChI is InChI=1S/C16H19NO3S/c18-15(10-5-7-11(8-6-10)16(19)20)17-13-9-21-14-4-2-1-3-12(13)14/h1-4,10-11,13H,5-9H2,(H,17,18)(H,19,20). The average molecular weight is 305 g/mol. The topological polar surface area (TPSA) is 66.4 Å². The lowest BCUT2D eigenvalue weighted by Crippen LogP contribution is -2.36. The third kappa shape index (κ3) is 3.07. The minimum atomic E-state index is -0.727. The highest BCUT2D eigenvalue weighted by Gasteiger charge is 2.32. The average Bonchev–Trinajstić information content (AvgIpc) is 2.91. The molecule has 4 nitrogen and oxygen atoms in total. The number of carbonyl (C=O) groups is 2. The van der Waals surface area contributed by atoms with Gasteiger partial charge < -0.3 is 10.4 Å². The summed E-state index contributed by atoms with van der Waals surface area (Å²) < 4.78 is 0. The van der Waals surface area contributed by atoms with Crippen LogP contribution in [-0.4, -0.2) is 22.7 Å². The normalized spacial score (nSPS) is 27.9. The number of carbonyl (C=O) groups excluding carboxylic acids is 1. The molecule has 3 rings (SSSR count). The van der Waals surface area contributed by atoms with Gasteiger partial charge in [0.15, 0.2) is 0 Å². The molecule has 1 unspecified atom stereocenters. The Kier molecular flexibility index (Phi) is 4.19. The number of aliphatic carboxylic acids is 1. The second kappa shape index (κ2) is 6.10. The summed E-state index contributed by atoms with van der Waals surface area (Å²) in [7, 11) is 0. The zero-order chi connectivity index (χ0) is 14.8. The molecule has 1 atom stereocenters. The highest BCUT2D eigenvalue weighted by Crippen LogP contribution is 2.38. The summed E-state index contributed by atoms with van der Waals surface area (Å²) >= 11 is 1.78. The quantitative estimate of drug-likeness (QED) is 0.901. The van der Waals surface area contributed by atoms with Gasteiger partial charge in [-0.05, 0) is 37.3 Å². The Morgan fingerprint density at radius 1 is 1.10 bits per heavy atom. The van der Waals surface area contributed by atoms with Gasteiger partial charge in [0.1, 0.15) is 0 Å². The summed E-state index contributed by atoms with van der Waals surface area (Å²) in [5.41, 5.74) is 1.20. The molecule has 0 aromatic heterocycles. The minimum Gasteiger partial charge on any atom is -0.481 e. The maximum Gasteiger partial charge on any atom is 0.306 e. The van der Waals surface area contributed by atoms with Gasteiger partial charge in [0, 0.05) is 16.6 Å². The fourth-order valence-electron chi connectivity index (χ4n) is 3.17. The van der Waals surface area contributed by atoms with Crippen molar-refractivity contribution in [1.29, 1.82) is 0 Å². The van der Waals surface area contributed by atoms with Gasteiger partial charge in [-0.15, -0.1) is 11.8 Å². The van der Waals surface area contributed by atoms with E-state index in [-0.39, 0.29) is 23.8 Å². The molecule has 1 aliphatic heterocycles. The third-order valence-electron chi connectivity index (χ3n) is 4.46. The van der Waals surface area contributed by atoms with Crippen LogP contribution in [0.3, 0.4) is 0 Å². The van der Waals surface area contributed by atoms with Gasteiger partial charge in [0.2, 0.25) is 5.91 Å². The van der Waals surface area contributed by atoms with Crippen molar-refractivity contribution in [2.24, 2.45) is 11.8 Å². The lowest BCUT2D eigenvalue weighted by atomic mass is 9.81. The SMILES string of the molecule is O=C(O)C1CCC(C(=O)NC2CSc3ccccc32)CC1. The van der Waals surface area contributed by atoms with Crippen LogP contribution < -0.4 is 5.32 Å². The molecular formula is C16H19NO3S. The van der Waals surface area contributed by atoms with Crippen LogP contribution in [0.2, 0.25) is 0 Å². The molecule has 1 aromatic rings. The molecule has 0 saturated heterocycles. The molecule has 0 spiro atoms. The number of carboxylic acid groups (broad SMARTS) is 1. The molecule has 2 aliphatic rings. The first-order valence-electron chi connectivity index (χ1n) is 7.40. The van der Waals surface area contributed by atoms with E-state index in [2.05, 4.69) is 17.4 Å². The Labute approximate surface area is 128 Å². The summed E-state index contributed by atoms with van der Waals surface area (Å²) in [6, 6.07) is 8.27. The van der Waals surface area contributed by atoms with E-state index in [4.69, 9.17) is 5.11 Å². The van der Waals surface area contributed by atoms with Crippen LogP contribution in [0.1, 0.15) is 37.3 Å². The Balaban J connectivity index is 1.57. The van der Waals surface area contributed by atoms with Crippen LogP contribution in [0, 0.1) is 11.8 Å². The van der Waals surface area contributed by atoms with E-state index >= 15 is 0 Å². The molecule has 1 aliphatic carbocycles. The number of thioether (sulfide) groups is 1. The second-order valence-corrected chi connectivity index (χ2v) is 6.86. The molecule has 1 aromatic carbocycles. The number of hydrogen-bond acceptors (Lipinski definition) is 3. The van der Waals surface area contributed by atoms with Crippen molar-refractivity contribution in [2.45, 2.75) is 36.6 Å². The molecular weight excluding hydrogens is 286 g/mol. The van der Waals surface area contributed by atoms with Crippen molar-refractivity contribution < 1.29 is 14.7 Å². The van der Waals surface area contributed by atoms with Crippen molar-refractivity contribution in [2.75, 3.05) is 5.75 Å². The predicted molar refractivity (Wildman–Crippen MR) is 81.1 cm³/mol. The molecule has 0 bridgehead atoms. The van der Waals surface area contributed by atoms with E-state index < -0.39 is 5.97 Å². The summed E-state index contributed by atoms with van der Waals surface area (Å²) in [5.74, 6) is -0.0541. The Bertz CT molecular complexity index is 552. The molecule has 21 heavy (non-hydrogen) atoms. The smallest absolute Gasteiger partial charge is 0.306 e. The number of nitrogens with one attached hydrogen (secondary N) is 1. The van der Waals surface area contributed by atoms with E-state index in [1.54, 1.807) is 11.8 Å². The summed E-state index contributed by atoms with van der Waals surface area (Å²) in [4.78, 5) is 24.6. The summed E-state index contributed by atoms with van der Waals surface area (Å²) in [6.45, 7) is 0. The van der Waals surface area contributed by atoms with Crippen molar-refractivity contribution >= 4 is 23.6 Å². The van der Waals surface area contributed by atoms with Gasteiger partial charge >= 0.3 is 5.97 Å². The number of amides is 1. The van der Waals surface area contributed by atoms with Crippen molar-refractivity contribution in [3.63, 3.8) is 0 Å². The first-order valence-corrected chi connectivity index (χ1v) is 8.38. The number of hydrogen-bond donors (Lipinski definition) is 2. The van der Waals surface area contributed by atoms with Gasteiger partial charge in [-0.2, -0.15) is 0 Å². The molecule has 0 radical (unpaired) electrons. The van der Waals surface area contributed by atoms with Gasteiger partial charge in [0.25, 0.3) is 0 Å². The van der Waals surface area contributed by atoms with Crippen LogP contribution in [-0.2, 0) is 9.59 Å². The first-order chi connectivity index (χ1) is 10.1. The van der Waals surface area contributed by atoms with Gasteiger partial charge in [-0.25, -0.2) is 0 Å². The number of rotatable bonds is 3. The Hall–Kier alpha value is -1.49. The molecule has 112 valence electrons. The van der Waals surface area contributed by atoms with Crippen LogP contribution in [0.4, 0.5) is 0 Å². The third-order valence-corrected chi connectivity index (χ3v) is 5.65. The number of benzene rings is 1. The van der Waals surface area contributed by atoms with Gasteiger partial charge in [-0.1, -0.05) is 18.2 Å². The first kappa shape index (κ1) is 14.4.